The predicted molar refractivity (Wildman–Crippen MR) is 86.4 cm³/mol. The fraction of sp³-hybridized carbons (Fsp3) is 0.333. The molecule has 0 saturated heterocycles. The zero-order chi connectivity index (χ0) is 16.4. The smallest absolute Gasteiger partial charge is 0.311 e. The summed E-state index contributed by atoms with van der Waals surface area (Å²) in [5.41, 5.74) is 2.43. The van der Waals surface area contributed by atoms with Gasteiger partial charge in [0.25, 0.3) is 0 Å². The van der Waals surface area contributed by atoms with E-state index in [0.717, 1.165) is 29.4 Å². The summed E-state index contributed by atoms with van der Waals surface area (Å²) in [6.07, 6.45) is 4.59. The molecule has 0 unspecified atom stereocenters. The molecule has 2 heterocycles. The number of nitro benzene ring substituents is 1. The summed E-state index contributed by atoms with van der Waals surface area (Å²) in [7, 11) is 0. The van der Waals surface area contributed by atoms with Crippen LogP contribution in [0.15, 0.2) is 29.6 Å². The second kappa shape index (κ2) is 6.51. The molecule has 0 saturated carbocycles. The summed E-state index contributed by atoms with van der Waals surface area (Å²) < 4.78 is 0. The molecule has 0 fully saturated rings. The van der Waals surface area contributed by atoms with Crippen molar-refractivity contribution in [3.05, 3.63) is 51.3 Å². The van der Waals surface area contributed by atoms with E-state index >= 15 is 0 Å². The fourth-order valence-electron chi connectivity index (χ4n) is 2.68. The summed E-state index contributed by atoms with van der Waals surface area (Å²) in [6, 6.07) is 4.62. The molecule has 23 heavy (non-hydrogen) atoms. The Labute approximate surface area is 137 Å². The highest BCUT2D eigenvalue weighted by atomic mass is 32.2. The highest BCUT2D eigenvalue weighted by Crippen LogP contribution is 2.31. The average molecular weight is 332 g/mol. The Kier molecular flexibility index (Phi) is 4.44. The first-order chi connectivity index (χ1) is 11.1. The van der Waals surface area contributed by atoms with Gasteiger partial charge < -0.3 is 5.11 Å². The van der Waals surface area contributed by atoms with Gasteiger partial charge in [0.15, 0.2) is 10.9 Å². The van der Waals surface area contributed by atoms with Gasteiger partial charge in [0.05, 0.1) is 10.6 Å². The first kappa shape index (κ1) is 15.7. The number of nitro groups is 1. The lowest BCUT2D eigenvalue weighted by Crippen LogP contribution is -2.31. The van der Waals surface area contributed by atoms with Crippen LogP contribution < -0.4 is 0 Å². The number of nitrogens with zero attached hydrogens (tertiary/aromatic N) is 4. The van der Waals surface area contributed by atoms with Crippen molar-refractivity contribution in [3.8, 4) is 5.75 Å². The second-order valence-corrected chi connectivity index (χ2v) is 6.10. The molecule has 1 aromatic heterocycles. The molecule has 0 bridgehead atoms. The Morgan fingerprint density at radius 2 is 2.30 bits per heavy atom. The third-order valence-electron chi connectivity index (χ3n) is 3.86. The molecule has 1 N–H and O–H groups in total. The number of fused-ring (bicyclic) bond motifs is 1. The first-order valence-electron chi connectivity index (χ1n) is 7.15. The average Bonchev–Trinajstić information content (AvgIpc) is 2.56. The minimum atomic E-state index is -0.567. The van der Waals surface area contributed by atoms with Crippen molar-refractivity contribution in [1.29, 1.82) is 0 Å². The molecule has 0 radical (unpaired) electrons. The standard InChI is InChI=1S/C15H16N4O3S/c1-23-15-16-7-11-9-18(6-5-12(11)17-15)8-10-3-2-4-13(14(10)20)19(21)22/h2-4,7,20H,5-6,8-9H2,1H3. The maximum atomic E-state index is 10.9. The topological polar surface area (TPSA) is 92.4 Å². The van der Waals surface area contributed by atoms with Crippen LogP contribution in [0.3, 0.4) is 0 Å². The fourth-order valence-corrected chi connectivity index (χ4v) is 3.04. The summed E-state index contributed by atoms with van der Waals surface area (Å²) >= 11 is 1.52. The third-order valence-corrected chi connectivity index (χ3v) is 4.42. The van der Waals surface area contributed by atoms with E-state index in [1.807, 2.05) is 12.5 Å². The lowest BCUT2D eigenvalue weighted by molar-refractivity contribution is -0.385. The Morgan fingerprint density at radius 1 is 1.48 bits per heavy atom. The monoisotopic (exact) mass is 332 g/mol. The van der Waals surface area contributed by atoms with Crippen LogP contribution in [-0.4, -0.2) is 37.7 Å². The van der Waals surface area contributed by atoms with Crippen molar-refractivity contribution in [3.63, 3.8) is 0 Å². The minimum absolute atomic E-state index is 0.253. The summed E-state index contributed by atoms with van der Waals surface area (Å²) in [4.78, 5) is 21.3. The number of phenolic OH excluding ortho intramolecular Hbond substituents is 1. The van der Waals surface area contributed by atoms with Gasteiger partial charge >= 0.3 is 5.69 Å². The normalized spacial score (nSPS) is 14.5. The van der Waals surface area contributed by atoms with Crippen LogP contribution in [-0.2, 0) is 19.5 Å². The molecule has 1 aromatic carbocycles. The SMILES string of the molecule is CSc1ncc2c(n1)CCN(Cc1cccc([N+](=O)[O-])c1O)C2. The van der Waals surface area contributed by atoms with Crippen LogP contribution in [0, 0.1) is 10.1 Å². The third kappa shape index (κ3) is 3.27. The van der Waals surface area contributed by atoms with Crippen LogP contribution in [0.25, 0.3) is 0 Å². The van der Waals surface area contributed by atoms with E-state index in [-0.39, 0.29) is 11.4 Å². The summed E-state index contributed by atoms with van der Waals surface area (Å²) in [5, 5.41) is 21.7. The highest BCUT2D eigenvalue weighted by molar-refractivity contribution is 7.98. The first-order valence-corrected chi connectivity index (χ1v) is 8.37. The van der Waals surface area contributed by atoms with E-state index in [9.17, 15) is 15.2 Å². The van der Waals surface area contributed by atoms with Crippen molar-refractivity contribution in [1.82, 2.24) is 14.9 Å². The van der Waals surface area contributed by atoms with Crippen molar-refractivity contribution in [2.75, 3.05) is 12.8 Å². The van der Waals surface area contributed by atoms with Crippen molar-refractivity contribution in [2.24, 2.45) is 0 Å². The van der Waals surface area contributed by atoms with Crippen LogP contribution >= 0.6 is 11.8 Å². The van der Waals surface area contributed by atoms with Crippen molar-refractivity contribution >= 4 is 17.4 Å². The molecule has 2 aromatic rings. The van der Waals surface area contributed by atoms with Gasteiger partial charge in [-0.05, 0) is 6.26 Å². The van der Waals surface area contributed by atoms with Gasteiger partial charge in [0.2, 0.25) is 0 Å². The van der Waals surface area contributed by atoms with Crippen LogP contribution in [0.5, 0.6) is 5.75 Å². The van der Waals surface area contributed by atoms with Crippen LogP contribution in [0.1, 0.15) is 16.8 Å². The number of benzene rings is 1. The van der Waals surface area contributed by atoms with E-state index in [2.05, 4.69) is 14.9 Å². The molecule has 0 spiro atoms. The molecule has 3 rings (SSSR count). The number of phenols is 1. The lowest BCUT2D eigenvalue weighted by Gasteiger charge is -2.28. The Morgan fingerprint density at radius 3 is 3.04 bits per heavy atom. The van der Waals surface area contributed by atoms with E-state index in [0.29, 0.717) is 18.7 Å². The number of rotatable bonds is 4. The largest absolute Gasteiger partial charge is 0.502 e. The molecular formula is C15H16N4O3S. The van der Waals surface area contributed by atoms with Gasteiger partial charge in [-0.25, -0.2) is 9.97 Å². The quantitative estimate of drug-likeness (QED) is 0.398. The molecule has 1 aliphatic rings. The molecule has 120 valence electrons. The molecule has 0 atom stereocenters. The summed E-state index contributed by atoms with van der Waals surface area (Å²) in [6.45, 7) is 1.92. The van der Waals surface area contributed by atoms with Gasteiger partial charge in [0.1, 0.15) is 0 Å². The van der Waals surface area contributed by atoms with Gasteiger partial charge in [-0.15, -0.1) is 0 Å². The maximum absolute atomic E-state index is 10.9. The number of para-hydroxylation sites is 1. The molecular weight excluding hydrogens is 316 g/mol. The molecule has 1 aliphatic heterocycles. The lowest BCUT2D eigenvalue weighted by atomic mass is 10.1. The Bertz CT molecular complexity index is 753. The highest BCUT2D eigenvalue weighted by Gasteiger charge is 2.22. The van der Waals surface area contributed by atoms with Crippen LogP contribution in [0.4, 0.5) is 5.69 Å². The number of thioether (sulfide) groups is 1. The molecule has 0 amide bonds. The molecule has 8 heteroatoms. The second-order valence-electron chi connectivity index (χ2n) is 5.33. The van der Waals surface area contributed by atoms with Crippen molar-refractivity contribution < 1.29 is 10.0 Å². The van der Waals surface area contributed by atoms with E-state index in [1.54, 1.807) is 12.1 Å². The van der Waals surface area contributed by atoms with Gasteiger partial charge in [-0.1, -0.05) is 23.9 Å². The number of aromatic nitrogens is 2. The van der Waals surface area contributed by atoms with E-state index in [4.69, 9.17) is 0 Å². The van der Waals surface area contributed by atoms with Crippen molar-refractivity contribution in [2.45, 2.75) is 24.7 Å². The Balaban J connectivity index is 1.78. The van der Waals surface area contributed by atoms with E-state index < -0.39 is 4.92 Å². The van der Waals surface area contributed by atoms with Gasteiger partial charge in [-0.2, -0.15) is 0 Å². The van der Waals surface area contributed by atoms with Gasteiger partial charge in [0, 0.05) is 49.4 Å². The minimum Gasteiger partial charge on any atom is -0.502 e. The number of aromatic hydroxyl groups is 1. The zero-order valence-corrected chi connectivity index (χ0v) is 13.4. The van der Waals surface area contributed by atoms with E-state index in [1.165, 1.54) is 17.8 Å². The molecule has 0 aliphatic carbocycles. The Hall–Kier alpha value is -2.19. The number of hydrogen-bond donors (Lipinski definition) is 1. The van der Waals surface area contributed by atoms with Gasteiger partial charge in [-0.3, -0.25) is 15.0 Å². The number of hydrogen-bond acceptors (Lipinski definition) is 7. The summed E-state index contributed by atoms with van der Waals surface area (Å²) in [5.74, 6) is -0.253. The molecule has 7 nitrogen and oxygen atoms in total. The zero-order valence-electron chi connectivity index (χ0n) is 12.6. The maximum Gasteiger partial charge on any atom is 0.311 e. The van der Waals surface area contributed by atoms with Crippen LogP contribution in [0.2, 0.25) is 0 Å². The predicted octanol–water partition coefficient (Wildman–Crippen LogP) is 2.37.